The Labute approximate surface area is 212 Å². The van der Waals surface area contributed by atoms with Gasteiger partial charge in [0.05, 0.1) is 0 Å². The van der Waals surface area contributed by atoms with Crippen molar-refractivity contribution in [3.8, 4) is 23.0 Å². The number of benzene rings is 4. The minimum Gasteiger partial charge on any atom is -0.508 e. The first-order valence-corrected chi connectivity index (χ1v) is 11.4. The number of aromatic nitrogens is 2. The van der Waals surface area contributed by atoms with Crippen molar-refractivity contribution in [2.75, 3.05) is 0 Å². The van der Waals surface area contributed by atoms with E-state index in [0.717, 1.165) is 17.9 Å². The number of phenolic OH excluding ortho intramolecular Hbond substituents is 4. The van der Waals surface area contributed by atoms with Crippen molar-refractivity contribution >= 4 is 0 Å². The van der Waals surface area contributed by atoms with Crippen LogP contribution in [-0.4, -0.2) is 30.4 Å². The van der Waals surface area contributed by atoms with Crippen LogP contribution in [0.2, 0.25) is 0 Å². The van der Waals surface area contributed by atoms with Crippen LogP contribution in [0.15, 0.2) is 128 Å². The monoisotopic (exact) mass is 486 g/mol. The maximum atomic E-state index is 8.63. The van der Waals surface area contributed by atoms with Gasteiger partial charge < -0.3 is 25.4 Å². The van der Waals surface area contributed by atoms with E-state index in [4.69, 9.17) is 20.4 Å². The molecule has 6 nitrogen and oxygen atoms in total. The van der Waals surface area contributed by atoms with Crippen molar-refractivity contribution in [2.45, 2.75) is 20.3 Å². The maximum absolute atomic E-state index is 8.63. The molecule has 0 aliphatic carbocycles. The zero-order chi connectivity index (χ0) is 26.4. The van der Waals surface area contributed by atoms with Gasteiger partial charge in [-0.05, 0) is 55.5 Å². The summed E-state index contributed by atoms with van der Waals surface area (Å²) in [4.78, 5) is 7.19. The number of nitrogens with zero attached hydrogens (tertiary/aromatic N) is 1. The van der Waals surface area contributed by atoms with Gasteiger partial charge in [-0.2, -0.15) is 0 Å². The molecule has 1 heterocycles. The first kappa shape index (κ1) is 29.3. The average molecular weight is 487 g/mol. The number of aromatic amines is 1. The highest BCUT2D eigenvalue weighted by Gasteiger charge is 1.89. The van der Waals surface area contributed by atoms with Gasteiger partial charge >= 0.3 is 0 Å². The number of imidazole rings is 1. The van der Waals surface area contributed by atoms with Gasteiger partial charge in [-0.25, -0.2) is 4.98 Å². The van der Waals surface area contributed by atoms with Crippen LogP contribution in [0, 0.1) is 6.92 Å². The lowest BCUT2D eigenvalue weighted by molar-refractivity contribution is 0.475. The van der Waals surface area contributed by atoms with E-state index in [0.29, 0.717) is 23.0 Å². The van der Waals surface area contributed by atoms with E-state index in [1.165, 1.54) is 0 Å². The molecule has 0 bridgehead atoms. The number of phenols is 4. The van der Waals surface area contributed by atoms with E-state index < -0.39 is 0 Å². The largest absolute Gasteiger partial charge is 0.508 e. The molecule has 0 radical (unpaired) electrons. The smallest absolute Gasteiger partial charge is 0.115 e. The van der Waals surface area contributed by atoms with Gasteiger partial charge in [0.15, 0.2) is 0 Å². The van der Waals surface area contributed by atoms with E-state index in [2.05, 4.69) is 16.9 Å². The van der Waals surface area contributed by atoms with Gasteiger partial charge in [-0.1, -0.05) is 79.7 Å². The third-order valence-corrected chi connectivity index (χ3v) is 4.12. The highest BCUT2D eigenvalue weighted by Crippen LogP contribution is 2.04. The van der Waals surface area contributed by atoms with Crippen molar-refractivity contribution in [2.24, 2.45) is 0 Å². The van der Waals surface area contributed by atoms with Crippen LogP contribution in [0.25, 0.3) is 0 Å². The molecule has 0 saturated heterocycles. The maximum Gasteiger partial charge on any atom is 0.115 e. The summed E-state index contributed by atoms with van der Waals surface area (Å²) in [5.74, 6) is 2.36. The fourth-order valence-corrected chi connectivity index (χ4v) is 2.36. The van der Waals surface area contributed by atoms with Crippen molar-refractivity contribution in [3.05, 3.63) is 139 Å². The molecule has 5 rings (SSSR count). The fraction of sp³-hybridized carbons (Fsp3) is 0.100. The summed E-state index contributed by atoms with van der Waals surface area (Å²) >= 11 is 0. The third kappa shape index (κ3) is 16.0. The minimum absolute atomic E-state index is 0.322. The van der Waals surface area contributed by atoms with Crippen LogP contribution in [-0.2, 0) is 6.42 Å². The average Bonchev–Trinajstić information content (AvgIpc) is 3.33. The number of para-hydroxylation sites is 4. The van der Waals surface area contributed by atoms with Crippen LogP contribution >= 0.6 is 0 Å². The van der Waals surface area contributed by atoms with E-state index in [9.17, 15) is 0 Å². The number of hydrogen-bond acceptors (Lipinski definition) is 5. The quantitative estimate of drug-likeness (QED) is 0.178. The van der Waals surface area contributed by atoms with Crippen LogP contribution < -0.4 is 0 Å². The molecule has 0 saturated carbocycles. The summed E-state index contributed by atoms with van der Waals surface area (Å²) in [6, 6.07) is 34.9. The molecule has 1 aromatic heterocycles. The van der Waals surface area contributed by atoms with Gasteiger partial charge in [0.25, 0.3) is 0 Å². The van der Waals surface area contributed by atoms with Crippen LogP contribution in [0.1, 0.15) is 18.4 Å². The summed E-state index contributed by atoms with van der Waals surface area (Å²) in [5.41, 5.74) is 1.14. The Hall–Kier alpha value is -4.71. The summed E-state index contributed by atoms with van der Waals surface area (Å²) in [6.07, 6.45) is 2.84. The van der Waals surface area contributed by atoms with Crippen molar-refractivity contribution in [3.63, 3.8) is 0 Å². The highest BCUT2D eigenvalue weighted by atomic mass is 16.3. The number of aromatic hydroxyl groups is 4. The van der Waals surface area contributed by atoms with Crippen molar-refractivity contribution in [1.29, 1.82) is 0 Å². The molecule has 0 spiro atoms. The first-order valence-electron chi connectivity index (χ1n) is 11.4. The lowest BCUT2D eigenvalue weighted by atomic mass is 10.3. The van der Waals surface area contributed by atoms with Crippen molar-refractivity contribution < 1.29 is 20.4 Å². The summed E-state index contributed by atoms with van der Waals surface area (Å²) in [6.45, 7) is 4.09. The number of H-pyrrole nitrogens is 1. The molecule has 5 aromatic rings. The number of hydrogen-bond donors (Lipinski definition) is 5. The summed E-state index contributed by atoms with van der Waals surface area (Å²) in [5, 5.41) is 34.5. The zero-order valence-electron chi connectivity index (χ0n) is 20.6. The standard InChI is InChI=1S/C6H10N2.4C6H6O/c1-3-6-7-4-5(2)8-6;4*7-6-4-2-1-3-5-6/h4H,3H2,1-2H3,(H,7,8);4*1-5,7H. The second-order valence-corrected chi connectivity index (χ2v) is 7.21. The van der Waals surface area contributed by atoms with Gasteiger partial charge in [-0.15, -0.1) is 0 Å². The molecule has 6 heteroatoms. The Morgan fingerprint density at radius 1 is 0.528 bits per heavy atom. The molecule has 0 fully saturated rings. The van der Waals surface area contributed by atoms with E-state index in [1.807, 2.05) is 37.4 Å². The summed E-state index contributed by atoms with van der Waals surface area (Å²) in [7, 11) is 0. The Balaban J connectivity index is 0.000000225. The summed E-state index contributed by atoms with van der Waals surface area (Å²) < 4.78 is 0. The molecule has 0 aliphatic heterocycles. The molecular weight excluding hydrogens is 452 g/mol. The minimum atomic E-state index is 0.322. The topological polar surface area (TPSA) is 110 Å². The Kier molecular flexibility index (Phi) is 15.2. The van der Waals surface area contributed by atoms with E-state index >= 15 is 0 Å². The second kappa shape index (κ2) is 18.7. The highest BCUT2D eigenvalue weighted by molar-refractivity contribution is 5.20. The normalized spacial score (nSPS) is 8.83. The predicted octanol–water partition coefficient (Wildman–Crippen LogP) is 6.85. The number of rotatable bonds is 1. The zero-order valence-corrected chi connectivity index (χ0v) is 20.6. The second-order valence-electron chi connectivity index (χ2n) is 7.21. The third-order valence-electron chi connectivity index (χ3n) is 4.12. The van der Waals surface area contributed by atoms with Crippen LogP contribution in [0.3, 0.4) is 0 Å². The van der Waals surface area contributed by atoms with Gasteiger partial charge in [0.2, 0.25) is 0 Å². The van der Waals surface area contributed by atoms with Crippen LogP contribution in [0.4, 0.5) is 0 Å². The Bertz CT molecular complexity index is 1000. The lowest BCUT2D eigenvalue weighted by Gasteiger charge is -1.82. The van der Waals surface area contributed by atoms with Crippen LogP contribution in [0.5, 0.6) is 23.0 Å². The molecule has 5 N–H and O–H groups in total. The number of nitrogens with one attached hydrogen (secondary N) is 1. The molecule has 188 valence electrons. The molecule has 0 atom stereocenters. The molecule has 4 aromatic carbocycles. The predicted molar refractivity (Wildman–Crippen MR) is 145 cm³/mol. The van der Waals surface area contributed by atoms with E-state index in [-0.39, 0.29) is 0 Å². The fourth-order valence-electron chi connectivity index (χ4n) is 2.36. The number of aryl methyl sites for hydroxylation is 2. The van der Waals surface area contributed by atoms with Crippen molar-refractivity contribution in [1.82, 2.24) is 9.97 Å². The van der Waals surface area contributed by atoms with E-state index in [1.54, 1.807) is 97.1 Å². The Morgan fingerprint density at radius 2 is 0.806 bits per heavy atom. The molecule has 0 amide bonds. The molecule has 0 unspecified atom stereocenters. The Morgan fingerprint density at radius 3 is 0.917 bits per heavy atom. The van der Waals surface area contributed by atoms with Gasteiger partial charge in [-0.3, -0.25) is 0 Å². The van der Waals surface area contributed by atoms with Gasteiger partial charge in [0, 0.05) is 18.3 Å². The molecular formula is C30H34N2O4. The lowest BCUT2D eigenvalue weighted by Crippen LogP contribution is -1.80. The van der Waals surface area contributed by atoms with Gasteiger partial charge in [0.1, 0.15) is 28.8 Å². The molecule has 36 heavy (non-hydrogen) atoms. The molecule has 0 aliphatic rings. The first-order chi connectivity index (χ1) is 17.4. The SMILES string of the molecule is CCc1ncc(C)[nH]1.Oc1ccccc1.Oc1ccccc1.Oc1ccccc1.Oc1ccccc1.